The number of aromatic nitrogens is 1. The van der Waals surface area contributed by atoms with Gasteiger partial charge in [0.05, 0.1) is 19.1 Å². The number of pyridine rings is 1. The molecule has 0 saturated heterocycles. The van der Waals surface area contributed by atoms with Gasteiger partial charge in [0.2, 0.25) is 5.91 Å². The number of nitrogens with one attached hydrogen (secondary N) is 1. The average Bonchev–Trinajstić information content (AvgIpc) is 2.80. The van der Waals surface area contributed by atoms with Gasteiger partial charge in [0.25, 0.3) is 5.91 Å². The van der Waals surface area contributed by atoms with Crippen molar-refractivity contribution >= 4 is 11.8 Å². The fraction of sp³-hybridized carbons (Fsp3) is 0.208. The van der Waals surface area contributed by atoms with Gasteiger partial charge in [-0.05, 0) is 47.0 Å². The fourth-order valence-corrected chi connectivity index (χ4v) is 3.97. The van der Waals surface area contributed by atoms with Crippen LogP contribution < -0.4 is 10.1 Å². The highest BCUT2D eigenvalue weighted by Crippen LogP contribution is 2.42. The zero-order valence-electron chi connectivity index (χ0n) is 16.9. The lowest BCUT2D eigenvalue weighted by atomic mass is 9.79. The van der Waals surface area contributed by atoms with E-state index in [0.29, 0.717) is 12.1 Å². The normalized spacial score (nSPS) is 17.9. The van der Waals surface area contributed by atoms with Crippen LogP contribution in [-0.4, -0.2) is 35.9 Å². The van der Waals surface area contributed by atoms with Crippen molar-refractivity contribution < 1.29 is 14.3 Å². The smallest absolute Gasteiger partial charge is 0.254 e. The molecule has 1 N–H and O–H groups in total. The van der Waals surface area contributed by atoms with E-state index < -0.39 is 12.0 Å². The molecule has 152 valence electrons. The Labute approximate surface area is 175 Å². The van der Waals surface area contributed by atoms with E-state index in [1.165, 1.54) is 0 Å². The average molecular weight is 401 g/mol. The second-order valence-electron chi connectivity index (χ2n) is 7.27. The molecule has 1 aliphatic rings. The van der Waals surface area contributed by atoms with Gasteiger partial charge >= 0.3 is 0 Å². The molecule has 0 fully saturated rings. The first-order valence-electron chi connectivity index (χ1n) is 9.77. The highest BCUT2D eigenvalue weighted by atomic mass is 16.5. The Morgan fingerprint density at radius 2 is 1.77 bits per heavy atom. The number of hydrogen-bond donors (Lipinski definition) is 1. The number of rotatable bonds is 5. The maximum atomic E-state index is 13.4. The van der Waals surface area contributed by atoms with Crippen LogP contribution in [0.25, 0.3) is 0 Å². The van der Waals surface area contributed by atoms with Crippen LogP contribution in [0.4, 0.5) is 0 Å². The van der Waals surface area contributed by atoms with Crippen molar-refractivity contribution in [2.24, 2.45) is 0 Å². The van der Waals surface area contributed by atoms with E-state index >= 15 is 0 Å². The van der Waals surface area contributed by atoms with E-state index in [-0.39, 0.29) is 11.8 Å². The van der Waals surface area contributed by atoms with Gasteiger partial charge < -0.3 is 15.0 Å². The summed E-state index contributed by atoms with van der Waals surface area (Å²) in [4.78, 5) is 32.1. The third-order valence-electron chi connectivity index (χ3n) is 5.54. The van der Waals surface area contributed by atoms with Crippen molar-refractivity contribution in [2.75, 3.05) is 14.2 Å². The molecule has 0 radical (unpaired) electrons. The summed E-state index contributed by atoms with van der Waals surface area (Å²) in [6, 6.07) is 18.2. The summed E-state index contributed by atoms with van der Waals surface area (Å²) in [6.07, 6.45) is 3.40. The summed E-state index contributed by atoms with van der Waals surface area (Å²) in [6.45, 7) is 0.396. The number of carbonyl (C=O) groups excluding carboxylic acids is 2. The van der Waals surface area contributed by atoms with Gasteiger partial charge in [-0.15, -0.1) is 0 Å². The van der Waals surface area contributed by atoms with Crippen LogP contribution in [0.3, 0.4) is 0 Å². The molecule has 6 nitrogen and oxygen atoms in total. The lowest BCUT2D eigenvalue weighted by Crippen LogP contribution is -2.45. The summed E-state index contributed by atoms with van der Waals surface area (Å²) in [5.74, 6) is -0.0224. The highest BCUT2D eigenvalue weighted by Gasteiger charge is 2.42. The van der Waals surface area contributed by atoms with Crippen molar-refractivity contribution in [2.45, 2.75) is 18.5 Å². The van der Waals surface area contributed by atoms with Crippen molar-refractivity contribution in [3.63, 3.8) is 0 Å². The van der Waals surface area contributed by atoms with E-state index in [2.05, 4.69) is 10.3 Å². The number of methoxy groups -OCH3 is 1. The molecule has 3 aromatic rings. The maximum Gasteiger partial charge on any atom is 0.254 e. The van der Waals surface area contributed by atoms with E-state index in [0.717, 1.165) is 22.4 Å². The first-order chi connectivity index (χ1) is 14.6. The summed E-state index contributed by atoms with van der Waals surface area (Å²) in [5.41, 5.74) is 3.15. The number of carbonyl (C=O) groups is 2. The minimum Gasteiger partial charge on any atom is -0.497 e. The molecular formula is C24H23N3O3. The fourth-order valence-electron chi connectivity index (χ4n) is 3.97. The Balaban J connectivity index is 1.72. The number of benzene rings is 2. The summed E-state index contributed by atoms with van der Waals surface area (Å²) >= 11 is 0. The second kappa shape index (κ2) is 8.37. The van der Waals surface area contributed by atoms with Crippen LogP contribution in [-0.2, 0) is 11.3 Å². The molecule has 1 aliphatic heterocycles. The highest BCUT2D eigenvalue weighted by molar-refractivity contribution is 6.01. The number of fused-ring (bicyclic) bond motifs is 1. The van der Waals surface area contributed by atoms with Crippen LogP contribution in [0.15, 0.2) is 73.1 Å². The molecule has 0 saturated carbocycles. The molecule has 2 atom stereocenters. The van der Waals surface area contributed by atoms with E-state index in [9.17, 15) is 9.59 Å². The molecule has 0 unspecified atom stereocenters. The number of nitrogens with zero attached hydrogens (tertiary/aromatic N) is 2. The third-order valence-corrected chi connectivity index (χ3v) is 5.54. The van der Waals surface area contributed by atoms with E-state index in [4.69, 9.17) is 4.74 Å². The predicted octanol–water partition coefficient (Wildman–Crippen LogP) is 3.32. The molecule has 30 heavy (non-hydrogen) atoms. The van der Waals surface area contributed by atoms with Crippen LogP contribution in [0.2, 0.25) is 0 Å². The second-order valence-corrected chi connectivity index (χ2v) is 7.27. The molecule has 0 bridgehead atoms. The standard InChI is InChI=1S/C24H23N3O3/c1-27-22(17-7-9-18(30-2)10-8-17)21(19-5-3-4-6-20(19)24(27)29)23(28)26-15-16-11-13-25-14-12-16/h3-14,21-22H,15H2,1-2H3,(H,26,28)/t21-,22+/m0/s1. The van der Waals surface area contributed by atoms with E-state index in [1.807, 2.05) is 54.6 Å². The Morgan fingerprint density at radius 1 is 1.07 bits per heavy atom. The van der Waals surface area contributed by atoms with Crippen LogP contribution in [0.5, 0.6) is 5.75 Å². The Bertz CT molecular complexity index is 1050. The first kappa shape index (κ1) is 19.6. The van der Waals surface area contributed by atoms with Gasteiger partial charge in [0.15, 0.2) is 0 Å². The van der Waals surface area contributed by atoms with Gasteiger partial charge in [-0.2, -0.15) is 0 Å². The van der Waals surface area contributed by atoms with Crippen LogP contribution in [0, 0.1) is 0 Å². The summed E-state index contributed by atoms with van der Waals surface area (Å²) < 4.78 is 5.26. The molecule has 0 aliphatic carbocycles. The summed E-state index contributed by atoms with van der Waals surface area (Å²) in [5, 5.41) is 3.04. The minimum atomic E-state index is -0.529. The van der Waals surface area contributed by atoms with Gasteiger partial charge in [0.1, 0.15) is 5.75 Å². The Morgan fingerprint density at radius 3 is 2.47 bits per heavy atom. The number of likely N-dealkylation sites (N-methyl/N-ethyl adjacent to an activating group) is 1. The lowest BCUT2D eigenvalue weighted by molar-refractivity contribution is -0.124. The van der Waals surface area contributed by atoms with Crippen LogP contribution in [0.1, 0.15) is 39.0 Å². The quantitative estimate of drug-likeness (QED) is 0.712. The number of hydrogen-bond acceptors (Lipinski definition) is 4. The molecule has 2 amide bonds. The zero-order chi connectivity index (χ0) is 21.1. The molecule has 2 aromatic carbocycles. The van der Waals surface area contributed by atoms with Crippen molar-refractivity contribution in [1.29, 1.82) is 0 Å². The number of ether oxygens (including phenoxy) is 1. The summed E-state index contributed by atoms with van der Waals surface area (Å²) in [7, 11) is 3.35. The Hall–Kier alpha value is -3.67. The van der Waals surface area contributed by atoms with E-state index in [1.54, 1.807) is 37.5 Å². The molecular weight excluding hydrogens is 378 g/mol. The van der Waals surface area contributed by atoms with Gasteiger partial charge in [-0.3, -0.25) is 14.6 Å². The monoisotopic (exact) mass is 401 g/mol. The van der Waals surface area contributed by atoms with Crippen molar-refractivity contribution in [3.8, 4) is 5.75 Å². The molecule has 4 rings (SSSR count). The number of amides is 2. The molecule has 1 aromatic heterocycles. The van der Waals surface area contributed by atoms with Crippen LogP contribution >= 0.6 is 0 Å². The molecule has 0 spiro atoms. The zero-order valence-corrected chi connectivity index (χ0v) is 16.9. The predicted molar refractivity (Wildman–Crippen MR) is 113 cm³/mol. The van der Waals surface area contributed by atoms with Gasteiger partial charge in [-0.25, -0.2) is 0 Å². The van der Waals surface area contributed by atoms with Gasteiger partial charge in [-0.1, -0.05) is 30.3 Å². The van der Waals surface area contributed by atoms with Crippen molar-refractivity contribution in [3.05, 3.63) is 95.3 Å². The van der Waals surface area contributed by atoms with Crippen molar-refractivity contribution in [1.82, 2.24) is 15.2 Å². The molecule has 6 heteroatoms. The third kappa shape index (κ3) is 3.64. The molecule has 2 heterocycles. The SMILES string of the molecule is COc1ccc([C@@H]2[C@@H](C(=O)NCc3ccncc3)c3ccccc3C(=O)N2C)cc1. The maximum absolute atomic E-state index is 13.4. The lowest BCUT2D eigenvalue weighted by Gasteiger charge is -2.39. The van der Waals surface area contributed by atoms with Gasteiger partial charge in [0, 0.05) is 31.5 Å². The first-order valence-corrected chi connectivity index (χ1v) is 9.77. The topological polar surface area (TPSA) is 71.5 Å². The Kier molecular flexibility index (Phi) is 5.48. The minimum absolute atomic E-state index is 0.0930. The largest absolute Gasteiger partial charge is 0.497 e.